The maximum Gasteiger partial charge on any atom is 0.319 e. The first-order valence-electron chi connectivity index (χ1n) is 13.7. The molecule has 1 aliphatic heterocycles. The van der Waals surface area contributed by atoms with Crippen molar-refractivity contribution in [1.29, 1.82) is 0 Å². The average Bonchev–Trinajstić information content (AvgIpc) is 2.97. The number of nitrogens with two attached hydrogens (primary N) is 1. The summed E-state index contributed by atoms with van der Waals surface area (Å²) in [6.07, 6.45) is 5.11. The van der Waals surface area contributed by atoms with Gasteiger partial charge >= 0.3 is 6.03 Å². The molecule has 9 nitrogen and oxygen atoms in total. The molecule has 0 aliphatic carbocycles. The number of carbonyl (C=O) groups excluding carboxylic acids is 2. The predicted octanol–water partition coefficient (Wildman–Crippen LogP) is 3.34. The van der Waals surface area contributed by atoms with E-state index in [0.29, 0.717) is 50.1 Å². The highest BCUT2D eigenvalue weighted by Gasteiger charge is 2.29. The second-order valence-electron chi connectivity index (χ2n) is 10.3. The highest BCUT2D eigenvalue weighted by Crippen LogP contribution is 2.26. The summed E-state index contributed by atoms with van der Waals surface area (Å²) in [5.74, 6) is 5.03. The first-order valence-corrected chi connectivity index (χ1v) is 15.4. The van der Waals surface area contributed by atoms with Gasteiger partial charge in [0.2, 0.25) is 5.91 Å². The summed E-state index contributed by atoms with van der Waals surface area (Å²) in [6.45, 7) is 2.93. The molecule has 220 valence electrons. The Morgan fingerprint density at radius 2 is 1.86 bits per heavy atom. The summed E-state index contributed by atoms with van der Waals surface area (Å²) in [5.41, 5.74) is 7.80. The van der Waals surface area contributed by atoms with Gasteiger partial charge in [0.15, 0.2) is 9.84 Å². The first-order chi connectivity index (χ1) is 20.1. The Morgan fingerprint density at radius 3 is 2.52 bits per heavy atom. The molecule has 0 spiro atoms. The molecule has 4 N–H and O–H groups in total. The fraction of sp³-hybridized carbons (Fsp3) is 0.323. The third-order valence-corrected chi connectivity index (χ3v) is 8.89. The van der Waals surface area contributed by atoms with Crippen LogP contribution in [-0.2, 0) is 21.1 Å². The molecule has 1 atom stereocenters. The molecule has 1 aromatic heterocycles. The van der Waals surface area contributed by atoms with Crippen molar-refractivity contribution in [3.05, 3.63) is 89.5 Å². The summed E-state index contributed by atoms with van der Waals surface area (Å²) < 4.78 is 40.5. The Kier molecular flexibility index (Phi) is 10.3. The van der Waals surface area contributed by atoms with Gasteiger partial charge in [-0.05, 0) is 86.2 Å². The Bertz CT molecular complexity index is 1560. The van der Waals surface area contributed by atoms with Crippen molar-refractivity contribution < 1.29 is 22.4 Å². The van der Waals surface area contributed by atoms with Gasteiger partial charge in [-0.2, -0.15) is 0 Å². The lowest BCUT2D eigenvalue weighted by atomic mass is 9.98. The minimum Gasteiger partial charge on any atom is -0.341 e. The third kappa shape index (κ3) is 8.61. The van der Waals surface area contributed by atoms with Crippen LogP contribution in [0.25, 0.3) is 0 Å². The number of urea groups is 1. The number of hydrogen-bond acceptors (Lipinski definition) is 6. The van der Waals surface area contributed by atoms with Crippen LogP contribution in [0.1, 0.15) is 36.5 Å². The van der Waals surface area contributed by atoms with Gasteiger partial charge in [-0.15, -0.1) is 0 Å². The van der Waals surface area contributed by atoms with E-state index in [0.717, 1.165) is 5.56 Å². The van der Waals surface area contributed by atoms with E-state index in [1.807, 2.05) is 12.1 Å². The summed E-state index contributed by atoms with van der Waals surface area (Å²) in [6, 6.07) is 12.8. The van der Waals surface area contributed by atoms with Gasteiger partial charge in [0.25, 0.3) is 0 Å². The topological polar surface area (TPSA) is 134 Å². The highest BCUT2D eigenvalue weighted by molar-refractivity contribution is 7.91. The fourth-order valence-corrected chi connectivity index (χ4v) is 6.55. The minimum atomic E-state index is -3.77. The van der Waals surface area contributed by atoms with E-state index in [1.165, 1.54) is 42.5 Å². The monoisotopic (exact) mass is 591 g/mol. The summed E-state index contributed by atoms with van der Waals surface area (Å²) in [7, 11) is -3.77. The van der Waals surface area contributed by atoms with Crippen molar-refractivity contribution in [1.82, 2.24) is 15.2 Å². The van der Waals surface area contributed by atoms with Crippen LogP contribution < -0.4 is 16.4 Å². The molecular formula is C31H34FN5O4S. The number of amides is 3. The Labute approximate surface area is 245 Å². The van der Waals surface area contributed by atoms with Gasteiger partial charge in [0.05, 0.1) is 16.7 Å². The molecule has 0 bridgehead atoms. The number of hydrogen-bond donors (Lipinski definition) is 3. The largest absolute Gasteiger partial charge is 0.341 e. The molecule has 1 fully saturated rings. The summed E-state index contributed by atoms with van der Waals surface area (Å²) in [5, 5.41) is 5.51. The standard InChI is InChI=1S/C31H34FN5O4S/c1-22(33)30(38)37-17-13-25(14-18-37)21-42(40,41)29-11-10-28(19-26(29)7-4-23-5-8-27(32)9-6-23)36-31(39)35-16-12-24-3-2-15-34-20-24/h2-3,5-6,8-11,15,19-20,22,25H,12-14,16-18,21,33H2,1H3,(H2,35,36,39). The van der Waals surface area contributed by atoms with Gasteiger partial charge in [-0.25, -0.2) is 17.6 Å². The number of sulfone groups is 1. The minimum absolute atomic E-state index is 0.0498. The van der Waals surface area contributed by atoms with E-state index < -0.39 is 27.7 Å². The zero-order valence-corrected chi connectivity index (χ0v) is 24.2. The normalized spacial score (nSPS) is 14.4. The number of pyridine rings is 1. The first kappa shape index (κ1) is 30.7. The Morgan fingerprint density at radius 1 is 1.12 bits per heavy atom. The van der Waals surface area contributed by atoms with E-state index >= 15 is 0 Å². The van der Waals surface area contributed by atoms with Crippen molar-refractivity contribution in [2.75, 3.05) is 30.7 Å². The molecule has 42 heavy (non-hydrogen) atoms. The van der Waals surface area contributed by atoms with Crippen molar-refractivity contribution in [2.45, 2.75) is 37.1 Å². The van der Waals surface area contributed by atoms with Crippen LogP contribution in [0.2, 0.25) is 0 Å². The van der Waals surface area contributed by atoms with Gasteiger partial charge < -0.3 is 21.3 Å². The number of aromatic nitrogens is 1. The van der Waals surface area contributed by atoms with Crippen LogP contribution in [0.4, 0.5) is 14.9 Å². The van der Waals surface area contributed by atoms with E-state index in [2.05, 4.69) is 27.5 Å². The molecule has 0 saturated carbocycles. The second-order valence-corrected chi connectivity index (χ2v) is 12.3. The summed E-state index contributed by atoms with van der Waals surface area (Å²) in [4.78, 5) is 30.5. The van der Waals surface area contributed by atoms with Crippen LogP contribution in [0.3, 0.4) is 0 Å². The third-order valence-electron chi connectivity index (χ3n) is 6.95. The molecule has 0 radical (unpaired) electrons. The molecule has 2 aromatic carbocycles. The predicted molar refractivity (Wildman–Crippen MR) is 159 cm³/mol. The van der Waals surface area contributed by atoms with Crippen molar-refractivity contribution in [3.63, 3.8) is 0 Å². The van der Waals surface area contributed by atoms with E-state index in [-0.39, 0.29) is 28.0 Å². The number of likely N-dealkylation sites (tertiary alicyclic amines) is 1. The van der Waals surface area contributed by atoms with Crippen LogP contribution in [0.15, 0.2) is 71.9 Å². The molecule has 1 saturated heterocycles. The second kappa shape index (κ2) is 14.1. The quantitative estimate of drug-likeness (QED) is 0.344. The van der Waals surface area contributed by atoms with Gasteiger partial charge in [0, 0.05) is 48.8 Å². The van der Waals surface area contributed by atoms with Crippen molar-refractivity contribution in [3.8, 4) is 11.8 Å². The number of nitrogens with one attached hydrogen (secondary N) is 2. The molecule has 1 unspecified atom stereocenters. The summed E-state index contributed by atoms with van der Waals surface area (Å²) >= 11 is 0. The molecule has 3 aromatic rings. The Balaban J connectivity index is 1.50. The molecular weight excluding hydrogens is 557 g/mol. The lowest BCUT2D eigenvalue weighted by Gasteiger charge is -2.32. The van der Waals surface area contributed by atoms with Crippen molar-refractivity contribution in [2.24, 2.45) is 11.7 Å². The van der Waals surface area contributed by atoms with Crippen LogP contribution in [0, 0.1) is 23.6 Å². The number of carbonyl (C=O) groups is 2. The van der Waals surface area contributed by atoms with E-state index in [9.17, 15) is 22.4 Å². The highest BCUT2D eigenvalue weighted by atomic mass is 32.2. The number of benzene rings is 2. The molecule has 11 heteroatoms. The number of nitrogens with zero attached hydrogens (tertiary/aromatic N) is 2. The molecule has 1 aliphatic rings. The maximum absolute atomic E-state index is 13.6. The lowest BCUT2D eigenvalue weighted by molar-refractivity contribution is -0.133. The SMILES string of the molecule is CC(N)C(=O)N1CCC(CS(=O)(=O)c2ccc(NC(=O)NCCc3cccnc3)cc2C#Cc2ccc(F)cc2)CC1. The van der Waals surface area contributed by atoms with Gasteiger partial charge in [-0.1, -0.05) is 17.9 Å². The molecule has 4 rings (SSSR count). The molecule has 2 heterocycles. The van der Waals surface area contributed by atoms with E-state index in [4.69, 9.17) is 5.73 Å². The number of halogens is 1. The Hall–Kier alpha value is -4.27. The van der Waals surface area contributed by atoms with Crippen LogP contribution in [-0.4, -0.2) is 61.7 Å². The van der Waals surface area contributed by atoms with Gasteiger partial charge in [-0.3, -0.25) is 9.78 Å². The zero-order chi connectivity index (χ0) is 30.1. The van der Waals surface area contributed by atoms with Crippen LogP contribution >= 0.6 is 0 Å². The fourth-order valence-electron chi connectivity index (χ4n) is 4.70. The zero-order valence-electron chi connectivity index (χ0n) is 23.3. The lowest BCUT2D eigenvalue weighted by Crippen LogP contribution is -2.46. The number of anilines is 1. The van der Waals surface area contributed by atoms with Crippen molar-refractivity contribution >= 4 is 27.5 Å². The smallest absolute Gasteiger partial charge is 0.319 e. The van der Waals surface area contributed by atoms with Crippen LogP contribution in [0.5, 0.6) is 0 Å². The van der Waals surface area contributed by atoms with E-state index in [1.54, 1.807) is 24.2 Å². The number of piperidine rings is 1. The maximum atomic E-state index is 13.6. The van der Waals surface area contributed by atoms with Gasteiger partial charge in [0.1, 0.15) is 5.82 Å². The molecule has 3 amide bonds. The number of rotatable bonds is 8. The average molecular weight is 592 g/mol.